The van der Waals surface area contributed by atoms with Crippen molar-refractivity contribution in [3.8, 4) is 0 Å². The summed E-state index contributed by atoms with van der Waals surface area (Å²) in [7, 11) is 1.61. The number of rotatable bonds is 10. The number of hydrogen-bond acceptors (Lipinski definition) is 4. The highest BCUT2D eigenvalue weighted by atomic mass is 16.7. The third-order valence-electron chi connectivity index (χ3n) is 6.34. The maximum absolute atomic E-state index is 12.7. The first-order valence-electron chi connectivity index (χ1n) is 10.8. The molecule has 28 heavy (non-hydrogen) atoms. The van der Waals surface area contributed by atoms with Crippen molar-refractivity contribution in [3.63, 3.8) is 0 Å². The molecule has 1 amide bonds. The van der Waals surface area contributed by atoms with E-state index in [1.807, 2.05) is 18.2 Å². The fourth-order valence-electron chi connectivity index (χ4n) is 4.87. The third kappa shape index (κ3) is 5.26. The molecule has 1 aromatic rings. The molecule has 1 aromatic carbocycles. The molecule has 0 saturated heterocycles. The smallest absolute Gasteiger partial charge is 0.407 e. The van der Waals surface area contributed by atoms with E-state index in [1.165, 1.54) is 19.3 Å². The van der Waals surface area contributed by atoms with Gasteiger partial charge in [0.25, 0.3) is 0 Å². The van der Waals surface area contributed by atoms with E-state index in [0.717, 1.165) is 42.7 Å². The molecule has 5 heteroatoms. The van der Waals surface area contributed by atoms with Gasteiger partial charge in [-0.05, 0) is 62.0 Å². The van der Waals surface area contributed by atoms with Crippen LogP contribution in [0.2, 0.25) is 0 Å². The van der Waals surface area contributed by atoms with Gasteiger partial charge in [0.2, 0.25) is 0 Å². The summed E-state index contributed by atoms with van der Waals surface area (Å²) in [4.78, 5) is 12.7. The number of methoxy groups -OCH3 is 1. The van der Waals surface area contributed by atoms with E-state index >= 15 is 0 Å². The van der Waals surface area contributed by atoms with E-state index in [1.54, 1.807) is 7.11 Å². The fourth-order valence-corrected chi connectivity index (χ4v) is 4.87. The van der Waals surface area contributed by atoms with Crippen molar-refractivity contribution >= 4 is 6.09 Å². The molecule has 2 bridgehead atoms. The van der Waals surface area contributed by atoms with Crippen LogP contribution in [0.4, 0.5) is 4.79 Å². The number of carbonyl (C=O) groups excluding carboxylic acids is 1. The quantitative estimate of drug-likeness (QED) is 0.564. The van der Waals surface area contributed by atoms with Crippen molar-refractivity contribution in [1.82, 2.24) is 5.32 Å². The number of aryl methyl sites for hydroxylation is 1. The molecule has 1 N–H and O–H groups in total. The Morgan fingerprint density at radius 3 is 2.71 bits per heavy atom. The van der Waals surface area contributed by atoms with Crippen LogP contribution in [0, 0.1) is 18.8 Å². The van der Waals surface area contributed by atoms with Gasteiger partial charge in [0.1, 0.15) is 19.0 Å². The van der Waals surface area contributed by atoms with Crippen LogP contribution in [0.5, 0.6) is 0 Å². The average Bonchev–Trinajstić information content (AvgIpc) is 3.30. The van der Waals surface area contributed by atoms with Gasteiger partial charge in [-0.1, -0.05) is 44.0 Å². The average molecular weight is 390 g/mol. The first kappa shape index (κ1) is 21.1. The molecule has 0 radical (unpaired) electrons. The van der Waals surface area contributed by atoms with Crippen molar-refractivity contribution in [3.05, 3.63) is 35.4 Å². The van der Waals surface area contributed by atoms with Crippen LogP contribution < -0.4 is 5.32 Å². The molecule has 2 aliphatic rings. The van der Waals surface area contributed by atoms with E-state index in [0.29, 0.717) is 5.92 Å². The third-order valence-corrected chi connectivity index (χ3v) is 6.34. The summed E-state index contributed by atoms with van der Waals surface area (Å²) in [5.74, 6) is 1.42. The van der Waals surface area contributed by atoms with Crippen LogP contribution in [0.3, 0.4) is 0 Å². The minimum absolute atomic E-state index is 0.166. The molecule has 156 valence electrons. The van der Waals surface area contributed by atoms with Gasteiger partial charge in [0.05, 0.1) is 0 Å². The summed E-state index contributed by atoms with van der Waals surface area (Å²) < 4.78 is 17.1. The number of hydrogen-bond donors (Lipinski definition) is 1. The highest BCUT2D eigenvalue weighted by Crippen LogP contribution is 2.44. The Hall–Kier alpha value is -1.59. The molecule has 0 aromatic heterocycles. The predicted octanol–water partition coefficient (Wildman–Crippen LogP) is 5.13. The highest BCUT2D eigenvalue weighted by Gasteiger charge is 2.40. The Labute approximate surface area is 169 Å². The zero-order valence-corrected chi connectivity index (χ0v) is 17.5. The lowest BCUT2D eigenvalue weighted by atomic mass is 9.95. The van der Waals surface area contributed by atoms with Crippen molar-refractivity contribution in [2.45, 2.75) is 77.0 Å². The molecule has 2 aliphatic carbocycles. The second-order valence-electron chi connectivity index (χ2n) is 8.36. The van der Waals surface area contributed by atoms with E-state index in [-0.39, 0.29) is 31.1 Å². The van der Waals surface area contributed by atoms with E-state index in [9.17, 15) is 4.79 Å². The summed E-state index contributed by atoms with van der Waals surface area (Å²) in [5, 5.41) is 3.15. The lowest BCUT2D eigenvalue weighted by molar-refractivity contribution is -0.118. The Morgan fingerprint density at radius 1 is 1.25 bits per heavy atom. The van der Waals surface area contributed by atoms with Crippen LogP contribution >= 0.6 is 0 Å². The highest BCUT2D eigenvalue weighted by molar-refractivity contribution is 5.68. The number of alkyl carbamates (subject to hydrolysis) is 1. The number of ether oxygens (including phenoxy) is 3. The van der Waals surface area contributed by atoms with E-state index in [2.05, 4.69) is 25.2 Å². The number of carbonyl (C=O) groups is 1. The monoisotopic (exact) mass is 389 g/mol. The maximum atomic E-state index is 12.7. The molecule has 3 rings (SSSR count). The Kier molecular flexibility index (Phi) is 7.74. The SMILES string of the molecule is CCCCC(OC(=O)NC1CC2CCC1C2)C(OCOC)c1ccccc1C. The second-order valence-corrected chi connectivity index (χ2v) is 8.36. The van der Waals surface area contributed by atoms with Gasteiger partial charge in [0.15, 0.2) is 0 Å². The standard InChI is InChI=1S/C23H35NO4/c1-4-5-10-21(22(27-15-26-3)19-9-7-6-8-16(19)2)28-23(25)24-20-14-17-11-12-18(20)13-17/h6-9,17-18,20-22H,4-5,10-15H2,1-3H3,(H,24,25). The summed E-state index contributed by atoms with van der Waals surface area (Å²) in [5.41, 5.74) is 2.18. The predicted molar refractivity (Wildman–Crippen MR) is 109 cm³/mol. The van der Waals surface area contributed by atoms with Crippen LogP contribution in [-0.4, -0.2) is 32.1 Å². The first-order chi connectivity index (χ1) is 13.6. The summed E-state index contributed by atoms with van der Waals surface area (Å²) in [6, 6.07) is 8.39. The molecule has 2 fully saturated rings. The zero-order chi connectivity index (χ0) is 19.9. The summed E-state index contributed by atoms with van der Waals surface area (Å²) in [6.45, 7) is 4.37. The van der Waals surface area contributed by atoms with Gasteiger partial charge >= 0.3 is 6.09 Å². The summed E-state index contributed by atoms with van der Waals surface area (Å²) >= 11 is 0. The number of unbranched alkanes of at least 4 members (excludes halogenated alkanes) is 1. The Balaban J connectivity index is 1.70. The Morgan fingerprint density at radius 2 is 2.07 bits per heavy atom. The van der Waals surface area contributed by atoms with Crippen LogP contribution in [-0.2, 0) is 14.2 Å². The number of amides is 1. The van der Waals surface area contributed by atoms with Crippen molar-refractivity contribution in [2.75, 3.05) is 13.9 Å². The van der Waals surface area contributed by atoms with E-state index < -0.39 is 0 Å². The first-order valence-corrected chi connectivity index (χ1v) is 10.8. The topological polar surface area (TPSA) is 56.8 Å². The molecule has 0 aliphatic heterocycles. The minimum Gasteiger partial charge on any atom is -0.443 e. The number of fused-ring (bicyclic) bond motifs is 2. The molecule has 0 heterocycles. The van der Waals surface area contributed by atoms with Crippen LogP contribution in [0.1, 0.15) is 69.1 Å². The molecule has 2 saturated carbocycles. The van der Waals surface area contributed by atoms with Gasteiger partial charge in [-0.25, -0.2) is 4.79 Å². The van der Waals surface area contributed by atoms with Gasteiger partial charge in [-0.2, -0.15) is 0 Å². The molecule has 5 atom stereocenters. The summed E-state index contributed by atoms with van der Waals surface area (Å²) in [6.07, 6.45) is 6.71. The van der Waals surface area contributed by atoms with Gasteiger partial charge < -0.3 is 19.5 Å². The molecule has 5 nitrogen and oxygen atoms in total. The zero-order valence-electron chi connectivity index (χ0n) is 17.5. The van der Waals surface area contributed by atoms with Crippen molar-refractivity contribution < 1.29 is 19.0 Å². The molecule has 5 unspecified atom stereocenters. The van der Waals surface area contributed by atoms with Gasteiger partial charge in [-0.3, -0.25) is 0 Å². The number of nitrogens with one attached hydrogen (secondary N) is 1. The number of benzene rings is 1. The van der Waals surface area contributed by atoms with Gasteiger partial charge in [-0.15, -0.1) is 0 Å². The molecular formula is C23H35NO4. The second kappa shape index (κ2) is 10.3. The lowest BCUT2D eigenvalue weighted by Gasteiger charge is -2.30. The minimum atomic E-state index is -0.338. The Bertz CT molecular complexity index is 635. The van der Waals surface area contributed by atoms with Crippen LogP contribution in [0.15, 0.2) is 24.3 Å². The van der Waals surface area contributed by atoms with Crippen LogP contribution in [0.25, 0.3) is 0 Å². The van der Waals surface area contributed by atoms with E-state index in [4.69, 9.17) is 14.2 Å². The van der Waals surface area contributed by atoms with Crippen molar-refractivity contribution in [2.24, 2.45) is 11.8 Å². The largest absolute Gasteiger partial charge is 0.443 e. The fraction of sp³-hybridized carbons (Fsp3) is 0.696. The van der Waals surface area contributed by atoms with Crippen molar-refractivity contribution in [1.29, 1.82) is 0 Å². The van der Waals surface area contributed by atoms with Gasteiger partial charge in [0, 0.05) is 13.2 Å². The molecular weight excluding hydrogens is 354 g/mol. The normalized spacial score (nSPS) is 25.5. The maximum Gasteiger partial charge on any atom is 0.407 e. The lowest BCUT2D eigenvalue weighted by Crippen LogP contribution is -2.41. The molecule has 0 spiro atoms.